The lowest BCUT2D eigenvalue weighted by atomic mass is 10.0. The Balaban J connectivity index is 1.27. The molecule has 1 unspecified atom stereocenters. The van der Waals surface area contributed by atoms with E-state index in [0.717, 1.165) is 48.2 Å². The Hall–Kier alpha value is -4.45. The van der Waals surface area contributed by atoms with E-state index in [9.17, 15) is 9.59 Å². The summed E-state index contributed by atoms with van der Waals surface area (Å²) in [6.07, 6.45) is 9.50. The Labute approximate surface area is 249 Å². The van der Waals surface area contributed by atoms with Gasteiger partial charge in [-0.05, 0) is 59.7 Å². The third-order valence-corrected chi connectivity index (χ3v) is 8.44. The van der Waals surface area contributed by atoms with Crippen molar-refractivity contribution in [1.82, 2.24) is 30.5 Å². The summed E-state index contributed by atoms with van der Waals surface area (Å²) < 4.78 is 10.8. The molecule has 6 rings (SSSR count). The summed E-state index contributed by atoms with van der Waals surface area (Å²) >= 11 is 0. The van der Waals surface area contributed by atoms with E-state index in [1.807, 2.05) is 23.1 Å². The van der Waals surface area contributed by atoms with E-state index >= 15 is 0 Å². The number of benzene rings is 2. The van der Waals surface area contributed by atoms with Gasteiger partial charge in [0.25, 0.3) is 11.8 Å². The highest BCUT2D eigenvalue weighted by Crippen LogP contribution is 2.38. The molecule has 0 saturated carbocycles. The van der Waals surface area contributed by atoms with Crippen LogP contribution in [0.5, 0.6) is 5.75 Å². The van der Waals surface area contributed by atoms with Crippen molar-refractivity contribution in [2.24, 2.45) is 0 Å². The molecular formula is C32H36N6O5. The maximum atomic E-state index is 13.4. The van der Waals surface area contributed by atoms with Crippen molar-refractivity contribution in [1.29, 1.82) is 0 Å². The molecule has 1 fully saturated rings. The summed E-state index contributed by atoms with van der Waals surface area (Å²) in [5.41, 5.74) is 8.68. The van der Waals surface area contributed by atoms with Gasteiger partial charge in [0.2, 0.25) is 0 Å². The van der Waals surface area contributed by atoms with Crippen LogP contribution in [-0.4, -0.2) is 82.0 Å². The second-order valence-electron chi connectivity index (χ2n) is 10.9. The normalized spacial score (nSPS) is 16.7. The Bertz CT molecular complexity index is 1640. The number of amides is 2. The number of methoxy groups -OCH3 is 1. The number of H-pyrrole nitrogens is 2. The van der Waals surface area contributed by atoms with Gasteiger partial charge in [0, 0.05) is 67.0 Å². The number of rotatable bonds is 10. The number of nitrogens with zero attached hydrogens (tertiary/aromatic N) is 3. The first-order chi connectivity index (χ1) is 21.0. The Morgan fingerprint density at radius 2 is 2.07 bits per heavy atom. The van der Waals surface area contributed by atoms with E-state index in [-0.39, 0.29) is 11.9 Å². The molecule has 1 saturated heterocycles. The van der Waals surface area contributed by atoms with Crippen LogP contribution in [0.15, 0.2) is 54.9 Å². The number of hydrogen-bond donors (Lipinski definition) is 4. The van der Waals surface area contributed by atoms with Crippen LogP contribution in [0.1, 0.15) is 50.8 Å². The molecule has 4 N–H and O–H groups in total. The van der Waals surface area contributed by atoms with Crippen molar-refractivity contribution in [2.45, 2.75) is 31.8 Å². The number of carbonyl (C=O) groups excluding carboxylic acids is 2. The average Bonchev–Trinajstić information content (AvgIpc) is 3.80. The largest absolute Gasteiger partial charge is 0.497 e. The van der Waals surface area contributed by atoms with Crippen LogP contribution in [0.3, 0.4) is 0 Å². The van der Waals surface area contributed by atoms with E-state index < -0.39 is 5.91 Å². The molecule has 1 atom stereocenters. The molecule has 4 aromatic rings. The molecule has 2 aromatic heterocycles. The number of hydroxylamine groups is 1. The molecule has 2 aromatic carbocycles. The van der Waals surface area contributed by atoms with Crippen molar-refractivity contribution in [3.63, 3.8) is 0 Å². The monoisotopic (exact) mass is 584 g/mol. The van der Waals surface area contributed by atoms with Crippen molar-refractivity contribution >= 4 is 28.8 Å². The number of fused-ring (bicyclic) bond motifs is 2. The third-order valence-electron chi connectivity index (χ3n) is 8.44. The predicted octanol–water partition coefficient (Wildman–Crippen LogP) is 3.62. The van der Waals surface area contributed by atoms with Crippen LogP contribution >= 0.6 is 0 Å². The zero-order chi connectivity index (χ0) is 29.8. The molecule has 0 bridgehead atoms. The van der Waals surface area contributed by atoms with E-state index in [4.69, 9.17) is 14.7 Å². The number of aryl methyl sites for hydroxylation is 1. The first kappa shape index (κ1) is 28.7. The van der Waals surface area contributed by atoms with Crippen LogP contribution < -0.4 is 10.2 Å². The second-order valence-corrected chi connectivity index (χ2v) is 10.9. The smallest absolute Gasteiger partial charge is 0.272 e. The molecule has 224 valence electrons. The molecule has 3 heterocycles. The summed E-state index contributed by atoms with van der Waals surface area (Å²) in [5, 5.41) is 17.2. The average molecular weight is 585 g/mol. The molecule has 11 nitrogen and oxygen atoms in total. The molecule has 0 spiro atoms. The van der Waals surface area contributed by atoms with Crippen LogP contribution in [-0.2, 0) is 28.9 Å². The fourth-order valence-electron chi connectivity index (χ4n) is 6.17. The fraction of sp³-hybridized carbons (Fsp3) is 0.344. The van der Waals surface area contributed by atoms with Gasteiger partial charge in [-0.25, -0.2) is 5.48 Å². The standard InChI is InChI=1S/C32H36N6O5/c1-42-25-5-7-26-23(18-33-28(26)17-25)10-11-38(20-24-19-34-35-31(24)32(40)37-12-14-43-15-13-37)29-8-4-22-16-21(2-6-27(22)29)3-9-30(39)36-41/h2-3,5-7,9,16-19,29,33,41H,4,8,10-15,20H2,1H3,(H,34,35)(H,36,39)/b9-3+. The minimum absolute atomic E-state index is 0.0449. The zero-order valence-electron chi connectivity index (χ0n) is 24.1. The van der Waals surface area contributed by atoms with Gasteiger partial charge in [-0.15, -0.1) is 0 Å². The Kier molecular flexibility index (Phi) is 8.55. The highest BCUT2D eigenvalue weighted by molar-refractivity contribution is 5.93. The van der Waals surface area contributed by atoms with Crippen molar-refractivity contribution in [2.75, 3.05) is 40.0 Å². The van der Waals surface area contributed by atoms with Crippen LogP contribution in [0.2, 0.25) is 0 Å². The van der Waals surface area contributed by atoms with Gasteiger partial charge in [0.15, 0.2) is 0 Å². The summed E-state index contributed by atoms with van der Waals surface area (Å²) in [6, 6.07) is 12.5. The lowest BCUT2D eigenvalue weighted by Crippen LogP contribution is -2.41. The fourth-order valence-corrected chi connectivity index (χ4v) is 6.17. The molecule has 2 amide bonds. The number of ether oxygens (including phenoxy) is 2. The molecule has 1 aliphatic carbocycles. The van der Waals surface area contributed by atoms with Gasteiger partial charge in [-0.1, -0.05) is 18.2 Å². The minimum Gasteiger partial charge on any atom is -0.497 e. The van der Waals surface area contributed by atoms with Gasteiger partial charge in [-0.3, -0.25) is 24.8 Å². The van der Waals surface area contributed by atoms with E-state index in [0.29, 0.717) is 38.5 Å². The first-order valence-corrected chi connectivity index (χ1v) is 14.6. The highest BCUT2D eigenvalue weighted by Gasteiger charge is 2.30. The predicted molar refractivity (Wildman–Crippen MR) is 161 cm³/mol. The lowest BCUT2D eigenvalue weighted by Gasteiger charge is -2.30. The van der Waals surface area contributed by atoms with Gasteiger partial charge in [-0.2, -0.15) is 5.10 Å². The van der Waals surface area contributed by atoms with Crippen LogP contribution in [0.4, 0.5) is 0 Å². The van der Waals surface area contributed by atoms with Crippen LogP contribution in [0.25, 0.3) is 17.0 Å². The SMILES string of the molecule is COc1ccc2c(CCN(Cc3cn[nH]c3C(=O)N3CCOCC3)C3CCc4cc(/C=C/C(=O)NO)ccc43)c[nH]c2c1. The number of nitrogens with one attached hydrogen (secondary N) is 3. The second kappa shape index (κ2) is 12.8. The number of aromatic nitrogens is 3. The number of morpholine rings is 1. The first-order valence-electron chi connectivity index (χ1n) is 14.6. The maximum absolute atomic E-state index is 13.4. The number of hydrogen-bond acceptors (Lipinski definition) is 7. The highest BCUT2D eigenvalue weighted by atomic mass is 16.5. The van der Waals surface area contributed by atoms with E-state index in [2.05, 4.69) is 44.5 Å². The molecule has 11 heteroatoms. The molecule has 2 aliphatic rings. The number of aromatic amines is 2. The van der Waals surface area contributed by atoms with Crippen molar-refractivity contribution in [3.05, 3.63) is 88.4 Å². The zero-order valence-corrected chi connectivity index (χ0v) is 24.1. The summed E-state index contributed by atoms with van der Waals surface area (Å²) in [7, 11) is 1.67. The van der Waals surface area contributed by atoms with Gasteiger partial charge in [0.1, 0.15) is 11.4 Å². The Morgan fingerprint density at radius 1 is 1.21 bits per heavy atom. The topological polar surface area (TPSA) is 136 Å². The summed E-state index contributed by atoms with van der Waals surface area (Å²) in [6.45, 7) is 3.56. The lowest BCUT2D eigenvalue weighted by molar-refractivity contribution is -0.124. The van der Waals surface area contributed by atoms with Gasteiger partial charge >= 0.3 is 0 Å². The third kappa shape index (κ3) is 6.19. The molecular weight excluding hydrogens is 548 g/mol. The quantitative estimate of drug-likeness (QED) is 0.127. The summed E-state index contributed by atoms with van der Waals surface area (Å²) in [5.74, 6) is 0.202. The summed E-state index contributed by atoms with van der Waals surface area (Å²) in [4.78, 5) is 32.5. The molecule has 0 radical (unpaired) electrons. The van der Waals surface area contributed by atoms with Crippen LogP contribution in [0, 0.1) is 0 Å². The molecule has 1 aliphatic heterocycles. The van der Waals surface area contributed by atoms with Gasteiger partial charge < -0.3 is 19.4 Å². The van der Waals surface area contributed by atoms with Gasteiger partial charge in [0.05, 0.1) is 26.5 Å². The minimum atomic E-state index is -0.567. The van der Waals surface area contributed by atoms with E-state index in [1.165, 1.54) is 28.2 Å². The van der Waals surface area contributed by atoms with E-state index in [1.54, 1.807) is 24.9 Å². The van der Waals surface area contributed by atoms with Crippen molar-refractivity contribution < 1.29 is 24.3 Å². The number of carbonyl (C=O) groups is 2. The molecule has 43 heavy (non-hydrogen) atoms. The van der Waals surface area contributed by atoms with Crippen molar-refractivity contribution in [3.8, 4) is 5.75 Å². The Morgan fingerprint density at radius 3 is 2.88 bits per heavy atom. The maximum Gasteiger partial charge on any atom is 0.272 e.